The number of carbonyl (C=O) groups is 2. The smallest absolute Gasteiger partial charge is 0.336 e. The molecule has 2 rings (SSSR count). The highest BCUT2D eigenvalue weighted by Gasteiger charge is 2.15. The first-order valence-electron chi connectivity index (χ1n) is 6.81. The minimum Gasteiger partial charge on any atom is -0.478 e. The van der Waals surface area contributed by atoms with Crippen LogP contribution in [0.25, 0.3) is 10.8 Å². The van der Waals surface area contributed by atoms with Crippen molar-refractivity contribution >= 4 is 28.8 Å². The van der Waals surface area contributed by atoms with Crippen LogP contribution in [0.1, 0.15) is 30.1 Å². The van der Waals surface area contributed by atoms with Gasteiger partial charge < -0.3 is 5.11 Å². The van der Waals surface area contributed by atoms with Gasteiger partial charge >= 0.3 is 5.97 Å². The van der Waals surface area contributed by atoms with Gasteiger partial charge in [-0.1, -0.05) is 37.6 Å². The van der Waals surface area contributed by atoms with Gasteiger partial charge in [0.15, 0.2) is 0 Å². The summed E-state index contributed by atoms with van der Waals surface area (Å²) in [6.45, 7) is 2.47. The fourth-order valence-corrected chi connectivity index (χ4v) is 2.13. The monoisotopic (exact) mass is 287 g/mol. The Morgan fingerprint density at radius 2 is 1.95 bits per heavy atom. The quantitative estimate of drug-likeness (QED) is 0.482. The Labute approximate surface area is 122 Å². The molecule has 0 fully saturated rings. The Bertz CT molecular complexity index is 654. The number of fused-ring (bicyclic) bond motifs is 1. The zero-order valence-electron chi connectivity index (χ0n) is 11.8. The third-order valence-corrected chi connectivity index (χ3v) is 3.19. The highest BCUT2D eigenvalue weighted by atomic mass is 16.7. The van der Waals surface area contributed by atoms with Crippen molar-refractivity contribution in [1.82, 2.24) is 0 Å². The topological polar surface area (TPSA) is 66.8 Å². The fraction of sp³-hybridized carbons (Fsp3) is 0.250. The van der Waals surface area contributed by atoms with Crippen molar-refractivity contribution in [2.24, 2.45) is 0 Å². The normalized spacial score (nSPS) is 10.5. The van der Waals surface area contributed by atoms with E-state index in [9.17, 15) is 14.7 Å². The van der Waals surface area contributed by atoms with E-state index in [4.69, 9.17) is 4.84 Å². The number of hydrogen-bond donors (Lipinski definition) is 1. The molecule has 0 aliphatic heterocycles. The molecule has 2 aromatic carbocycles. The van der Waals surface area contributed by atoms with Gasteiger partial charge in [-0.15, -0.1) is 0 Å². The van der Waals surface area contributed by atoms with E-state index in [1.54, 1.807) is 30.3 Å². The molecule has 0 saturated carbocycles. The van der Waals surface area contributed by atoms with Crippen LogP contribution < -0.4 is 5.06 Å². The van der Waals surface area contributed by atoms with Crippen molar-refractivity contribution in [2.75, 3.05) is 11.7 Å². The molecule has 2 aromatic rings. The minimum absolute atomic E-state index is 0.203. The molecule has 0 radical (unpaired) electrons. The molecule has 21 heavy (non-hydrogen) atoms. The molecule has 1 amide bonds. The lowest BCUT2D eigenvalue weighted by Gasteiger charge is -2.19. The van der Waals surface area contributed by atoms with Gasteiger partial charge in [0.2, 0.25) is 6.41 Å². The first-order chi connectivity index (χ1) is 10.2. The lowest BCUT2D eigenvalue weighted by molar-refractivity contribution is -0.114. The van der Waals surface area contributed by atoms with Crippen LogP contribution in [-0.4, -0.2) is 24.1 Å². The van der Waals surface area contributed by atoms with Gasteiger partial charge in [0, 0.05) is 5.39 Å². The maximum Gasteiger partial charge on any atom is 0.336 e. The highest BCUT2D eigenvalue weighted by Crippen LogP contribution is 2.29. The zero-order chi connectivity index (χ0) is 15.2. The Morgan fingerprint density at radius 1 is 1.24 bits per heavy atom. The molecule has 0 spiro atoms. The molecule has 0 heterocycles. The predicted molar refractivity (Wildman–Crippen MR) is 80.3 cm³/mol. The summed E-state index contributed by atoms with van der Waals surface area (Å²) in [5.74, 6) is -0.998. The molecule has 5 nitrogen and oxygen atoms in total. The first kappa shape index (κ1) is 15.0. The van der Waals surface area contributed by atoms with E-state index in [0.717, 1.165) is 17.9 Å². The highest BCUT2D eigenvalue weighted by molar-refractivity contribution is 6.08. The van der Waals surface area contributed by atoms with Gasteiger partial charge in [-0.25, -0.2) is 4.79 Å². The average Bonchev–Trinajstić information content (AvgIpc) is 2.51. The fourth-order valence-electron chi connectivity index (χ4n) is 2.13. The Hall–Kier alpha value is -2.40. The third kappa shape index (κ3) is 3.20. The molecule has 0 aliphatic rings. The Balaban J connectivity index is 2.46. The Morgan fingerprint density at radius 3 is 2.57 bits per heavy atom. The number of anilines is 1. The number of carboxylic acids is 1. The second-order valence-corrected chi connectivity index (χ2v) is 4.60. The maximum absolute atomic E-state index is 11.3. The standard InChI is InChI=1S/C16H17NO4/c1-2-3-10-21-17(11-18)15-9-8-14(16(19)20)12-6-4-5-7-13(12)15/h4-9,11H,2-3,10H2,1H3,(H,19,20). The molecular weight excluding hydrogens is 270 g/mol. The van der Waals surface area contributed by atoms with Crippen molar-refractivity contribution in [3.8, 4) is 0 Å². The number of hydrogen-bond acceptors (Lipinski definition) is 3. The molecule has 0 bridgehead atoms. The second-order valence-electron chi connectivity index (χ2n) is 4.60. The van der Waals surface area contributed by atoms with E-state index in [1.807, 2.05) is 6.92 Å². The maximum atomic E-state index is 11.3. The van der Waals surface area contributed by atoms with Crippen LogP contribution >= 0.6 is 0 Å². The van der Waals surface area contributed by atoms with Crippen LogP contribution in [0.4, 0.5) is 5.69 Å². The van der Waals surface area contributed by atoms with E-state index in [1.165, 1.54) is 6.07 Å². The molecule has 0 atom stereocenters. The van der Waals surface area contributed by atoms with E-state index in [-0.39, 0.29) is 5.56 Å². The lowest BCUT2D eigenvalue weighted by Crippen LogP contribution is -2.22. The summed E-state index contributed by atoms with van der Waals surface area (Å²) < 4.78 is 0. The first-order valence-corrected chi connectivity index (χ1v) is 6.81. The largest absolute Gasteiger partial charge is 0.478 e. The number of amides is 1. The van der Waals surface area contributed by atoms with Crippen LogP contribution in [0, 0.1) is 0 Å². The molecule has 5 heteroatoms. The van der Waals surface area contributed by atoms with Crippen LogP contribution in [0.15, 0.2) is 36.4 Å². The number of benzene rings is 2. The van der Waals surface area contributed by atoms with E-state index >= 15 is 0 Å². The van der Waals surface area contributed by atoms with Gasteiger partial charge in [-0.2, -0.15) is 5.06 Å². The summed E-state index contributed by atoms with van der Waals surface area (Å²) in [5, 5.41) is 11.6. The summed E-state index contributed by atoms with van der Waals surface area (Å²) in [7, 11) is 0. The number of carbonyl (C=O) groups excluding carboxylic acids is 1. The van der Waals surface area contributed by atoms with Crippen LogP contribution in [0.3, 0.4) is 0 Å². The average molecular weight is 287 g/mol. The van der Waals surface area contributed by atoms with Crippen LogP contribution in [-0.2, 0) is 9.63 Å². The molecular formula is C16H17NO4. The van der Waals surface area contributed by atoms with E-state index in [0.29, 0.717) is 29.5 Å². The molecule has 0 aliphatic carbocycles. The van der Waals surface area contributed by atoms with Crippen molar-refractivity contribution in [3.05, 3.63) is 42.0 Å². The van der Waals surface area contributed by atoms with Crippen molar-refractivity contribution in [1.29, 1.82) is 0 Å². The number of hydroxylamine groups is 1. The molecule has 0 saturated heterocycles. The number of nitrogens with zero attached hydrogens (tertiary/aromatic N) is 1. The second kappa shape index (κ2) is 6.85. The van der Waals surface area contributed by atoms with Gasteiger partial charge in [-0.3, -0.25) is 9.63 Å². The zero-order valence-corrected chi connectivity index (χ0v) is 11.8. The van der Waals surface area contributed by atoms with Crippen LogP contribution in [0.5, 0.6) is 0 Å². The van der Waals surface area contributed by atoms with E-state index in [2.05, 4.69) is 0 Å². The number of unbranched alkanes of at least 4 members (excludes halogenated alkanes) is 1. The number of carboxylic acid groups (broad SMARTS) is 1. The summed E-state index contributed by atoms with van der Waals surface area (Å²) in [4.78, 5) is 28.0. The SMILES string of the molecule is CCCCON(C=O)c1ccc(C(=O)O)c2ccccc12. The van der Waals surface area contributed by atoms with Crippen LogP contribution in [0.2, 0.25) is 0 Å². The van der Waals surface area contributed by atoms with Gasteiger partial charge in [0.25, 0.3) is 0 Å². The lowest BCUT2D eigenvalue weighted by atomic mass is 10.0. The van der Waals surface area contributed by atoms with Gasteiger partial charge in [0.05, 0.1) is 17.9 Å². The number of rotatable bonds is 7. The van der Waals surface area contributed by atoms with Crippen molar-refractivity contribution in [3.63, 3.8) is 0 Å². The number of aromatic carboxylic acids is 1. The van der Waals surface area contributed by atoms with Gasteiger partial charge in [-0.05, 0) is 23.9 Å². The molecule has 110 valence electrons. The van der Waals surface area contributed by atoms with Crippen molar-refractivity contribution in [2.45, 2.75) is 19.8 Å². The minimum atomic E-state index is -0.998. The third-order valence-electron chi connectivity index (χ3n) is 3.19. The summed E-state index contributed by atoms with van der Waals surface area (Å²) >= 11 is 0. The Kier molecular flexibility index (Phi) is 4.90. The van der Waals surface area contributed by atoms with Crippen molar-refractivity contribution < 1.29 is 19.5 Å². The summed E-state index contributed by atoms with van der Waals surface area (Å²) in [5.41, 5.74) is 0.746. The summed E-state index contributed by atoms with van der Waals surface area (Å²) in [6.07, 6.45) is 2.40. The van der Waals surface area contributed by atoms with E-state index < -0.39 is 5.97 Å². The summed E-state index contributed by atoms with van der Waals surface area (Å²) in [6, 6.07) is 10.1. The van der Waals surface area contributed by atoms with Gasteiger partial charge in [0.1, 0.15) is 0 Å². The predicted octanol–water partition coefficient (Wildman–Crippen LogP) is 3.23. The molecule has 0 aromatic heterocycles. The molecule has 0 unspecified atom stereocenters. The molecule has 1 N–H and O–H groups in total.